The lowest BCUT2D eigenvalue weighted by molar-refractivity contribution is -0.167. The molecule has 0 radical (unpaired) electrons. The Kier molecular flexibility index (Phi) is 43.0. The van der Waals surface area contributed by atoms with Gasteiger partial charge in [0.1, 0.15) is 13.2 Å². The molecule has 0 aromatic rings. The molecular formula is C50H88O6. The third kappa shape index (κ3) is 42.5. The van der Waals surface area contributed by atoms with Gasteiger partial charge in [-0.15, -0.1) is 0 Å². The number of esters is 3. The zero-order valence-electron chi connectivity index (χ0n) is 36.9. The standard InChI is InChI=1S/C50H88O6/c1-4-7-10-13-16-19-21-22-23-24-25-26-27-28-30-31-34-37-40-43-49(52)55-46-47(45-54-48(51)42-39-36-33-18-15-12-9-6-3)56-50(53)44-41-38-35-32-29-20-17-14-11-8-5-2/h14,16-17,19,22-23,25-26,47H,4-13,15,18,20-21,24,27-46H2,1-3H3/b17-14-,19-16-,23-22-,26-25-. The van der Waals surface area contributed by atoms with Gasteiger partial charge in [0, 0.05) is 19.3 Å². The Hall–Kier alpha value is -2.63. The molecule has 0 heterocycles. The summed E-state index contributed by atoms with van der Waals surface area (Å²) in [5.41, 5.74) is 0. The second kappa shape index (κ2) is 45.1. The average Bonchev–Trinajstić information content (AvgIpc) is 3.19. The van der Waals surface area contributed by atoms with Crippen LogP contribution in [-0.2, 0) is 28.6 Å². The maximum atomic E-state index is 12.7. The van der Waals surface area contributed by atoms with E-state index in [-0.39, 0.29) is 31.1 Å². The highest BCUT2D eigenvalue weighted by Gasteiger charge is 2.19. The summed E-state index contributed by atoms with van der Waals surface area (Å²) in [5.74, 6) is -0.907. The first-order valence-electron chi connectivity index (χ1n) is 23.6. The number of rotatable bonds is 42. The Labute approximate surface area is 346 Å². The molecule has 0 rings (SSSR count). The van der Waals surface area contributed by atoms with Crippen LogP contribution in [0.1, 0.15) is 233 Å². The second-order valence-electron chi connectivity index (χ2n) is 15.7. The van der Waals surface area contributed by atoms with Crippen LogP contribution in [-0.4, -0.2) is 37.2 Å². The first-order valence-corrected chi connectivity index (χ1v) is 23.6. The van der Waals surface area contributed by atoms with Crippen molar-refractivity contribution in [3.63, 3.8) is 0 Å². The Bertz CT molecular complexity index is 996. The van der Waals surface area contributed by atoms with Crippen LogP contribution in [0.4, 0.5) is 0 Å². The Morgan fingerprint density at radius 3 is 1.11 bits per heavy atom. The number of hydrogen-bond acceptors (Lipinski definition) is 6. The molecule has 0 saturated heterocycles. The lowest BCUT2D eigenvalue weighted by atomic mass is 10.1. The summed E-state index contributed by atoms with van der Waals surface area (Å²) in [7, 11) is 0. The number of carbonyl (C=O) groups excluding carboxylic acids is 3. The lowest BCUT2D eigenvalue weighted by Crippen LogP contribution is -2.30. The van der Waals surface area contributed by atoms with Gasteiger partial charge in [0.25, 0.3) is 0 Å². The number of allylic oxidation sites excluding steroid dienone is 8. The summed E-state index contributed by atoms with van der Waals surface area (Å²) in [6.07, 6.45) is 52.4. The van der Waals surface area contributed by atoms with Gasteiger partial charge in [0.05, 0.1) is 0 Å². The predicted octanol–water partition coefficient (Wildman–Crippen LogP) is 15.1. The maximum absolute atomic E-state index is 12.7. The van der Waals surface area contributed by atoms with Crippen LogP contribution in [0.15, 0.2) is 48.6 Å². The molecule has 0 fully saturated rings. The lowest BCUT2D eigenvalue weighted by Gasteiger charge is -2.18. The van der Waals surface area contributed by atoms with E-state index in [1.807, 2.05) is 0 Å². The monoisotopic (exact) mass is 785 g/mol. The SMILES string of the molecule is CCCC/C=C\CCCCCCCC(=O)OC(COC(=O)CCCCCCCC/C=C\C/C=C\C/C=C\CCCCC)COC(=O)CCCCCCCCCC. The minimum atomic E-state index is -0.777. The molecule has 6 heteroatoms. The van der Waals surface area contributed by atoms with Gasteiger partial charge in [0.2, 0.25) is 0 Å². The fourth-order valence-electron chi connectivity index (χ4n) is 6.43. The van der Waals surface area contributed by atoms with Gasteiger partial charge in [-0.1, -0.05) is 185 Å². The van der Waals surface area contributed by atoms with E-state index in [9.17, 15) is 14.4 Å². The topological polar surface area (TPSA) is 78.9 Å². The highest BCUT2D eigenvalue weighted by Crippen LogP contribution is 2.13. The van der Waals surface area contributed by atoms with Crippen molar-refractivity contribution in [1.29, 1.82) is 0 Å². The van der Waals surface area contributed by atoms with E-state index in [0.29, 0.717) is 19.3 Å². The highest BCUT2D eigenvalue weighted by atomic mass is 16.6. The van der Waals surface area contributed by atoms with Crippen LogP contribution in [0.25, 0.3) is 0 Å². The molecule has 0 N–H and O–H groups in total. The number of unbranched alkanes of at least 4 members (excludes halogenated alkanes) is 23. The molecule has 0 aliphatic heterocycles. The van der Waals surface area contributed by atoms with Crippen molar-refractivity contribution in [1.82, 2.24) is 0 Å². The van der Waals surface area contributed by atoms with Crippen molar-refractivity contribution in [3.05, 3.63) is 48.6 Å². The summed E-state index contributed by atoms with van der Waals surface area (Å²) in [5, 5.41) is 0. The van der Waals surface area contributed by atoms with Crippen LogP contribution < -0.4 is 0 Å². The van der Waals surface area contributed by atoms with Gasteiger partial charge in [-0.3, -0.25) is 14.4 Å². The van der Waals surface area contributed by atoms with Crippen molar-refractivity contribution in [2.75, 3.05) is 13.2 Å². The predicted molar refractivity (Wildman–Crippen MR) is 238 cm³/mol. The van der Waals surface area contributed by atoms with Crippen molar-refractivity contribution in [2.24, 2.45) is 0 Å². The van der Waals surface area contributed by atoms with E-state index in [1.54, 1.807) is 0 Å². The molecule has 0 bridgehead atoms. The molecule has 1 atom stereocenters. The van der Waals surface area contributed by atoms with E-state index in [2.05, 4.69) is 69.4 Å². The van der Waals surface area contributed by atoms with Crippen molar-refractivity contribution in [2.45, 2.75) is 239 Å². The zero-order chi connectivity index (χ0) is 40.8. The van der Waals surface area contributed by atoms with Gasteiger partial charge >= 0.3 is 17.9 Å². The Morgan fingerprint density at radius 1 is 0.357 bits per heavy atom. The molecule has 0 amide bonds. The number of hydrogen-bond donors (Lipinski definition) is 0. The molecular weight excluding hydrogens is 697 g/mol. The normalized spacial score (nSPS) is 12.4. The molecule has 6 nitrogen and oxygen atoms in total. The Balaban J connectivity index is 4.30. The van der Waals surface area contributed by atoms with Gasteiger partial charge in [-0.2, -0.15) is 0 Å². The van der Waals surface area contributed by atoms with Gasteiger partial charge in [-0.25, -0.2) is 0 Å². The minimum absolute atomic E-state index is 0.0800. The quantitative estimate of drug-likeness (QED) is 0.0265. The van der Waals surface area contributed by atoms with Crippen LogP contribution in [0.3, 0.4) is 0 Å². The Morgan fingerprint density at radius 2 is 0.661 bits per heavy atom. The van der Waals surface area contributed by atoms with Crippen molar-refractivity contribution in [3.8, 4) is 0 Å². The van der Waals surface area contributed by atoms with Crippen molar-refractivity contribution < 1.29 is 28.6 Å². The fourth-order valence-corrected chi connectivity index (χ4v) is 6.43. The third-order valence-electron chi connectivity index (χ3n) is 10.1. The third-order valence-corrected chi connectivity index (χ3v) is 10.1. The van der Waals surface area contributed by atoms with Gasteiger partial charge < -0.3 is 14.2 Å². The molecule has 0 spiro atoms. The molecule has 324 valence electrons. The van der Waals surface area contributed by atoms with Gasteiger partial charge in [-0.05, 0) is 77.0 Å². The van der Waals surface area contributed by atoms with Crippen molar-refractivity contribution >= 4 is 17.9 Å². The summed E-state index contributed by atoms with van der Waals surface area (Å²) in [4.78, 5) is 37.7. The maximum Gasteiger partial charge on any atom is 0.306 e. The average molecular weight is 785 g/mol. The molecule has 56 heavy (non-hydrogen) atoms. The smallest absolute Gasteiger partial charge is 0.306 e. The molecule has 0 aliphatic rings. The second-order valence-corrected chi connectivity index (χ2v) is 15.7. The first-order chi connectivity index (χ1) is 27.5. The molecule has 0 aromatic carbocycles. The van der Waals surface area contributed by atoms with E-state index >= 15 is 0 Å². The molecule has 1 unspecified atom stereocenters. The number of ether oxygens (including phenoxy) is 3. The van der Waals surface area contributed by atoms with Crippen LogP contribution in [0.2, 0.25) is 0 Å². The largest absolute Gasteiger partial charge is 0.462 e. The van der Waals surface area contributed by atoms with E-state index in [1.165, 1.54) is 103 Å². The van der Waals surface area contributed by atoms with Gasteiger partial charge in [0.15, 0.2) is 6.10 Å². The van der Waals surface area contributed by atoms with E-state index in [4.69, 9.17) is 14.2 Å². The zero-order valence-corrected chi connectivity index (χ0v) is 36.9. The van der Waals surface area contributed by atoms with Crippen LogP contribution in [0.5, 0.6) is 0 Å². The summed E-state index contributed by atoms with van der Waals surface area (Å²) in [6, 6.07) is 0. The van der Waals surface area contributed by atoms with E-state index < -0.39 is 6.10 Å². The fraction of sp³-hybridized carbons (Fsp3) is 0.780. The highest BCUT2D eigenvalue weighted by molar-refractivity contribution is 5.71. The first kappa shape index (κ1) is 53.4. The number of carbonyl (C=O) groups is 3. The molecule has 0 saturated carbocycles. The van der Waals surface area contributed by atoms with E-state index in [0.717, 1.165) is 89.9 Å². The summed E-state index contributed by atoms with van der Waals surface area (Å²) < 4.78 is 16.7. The summed E-state index contributed by atoms with van der Waals surface area (Å²) in [6.45, 7) is 6.52. The molecule has 0 aromatic heterocycles. The summed E-state index contributed by atoms with van der Waals surface area (Å²) >= 11 is 0. The van der Waals surface area contributed by atoms with Crippen LogP contribution in [0, 0.1) is 0 Å². The van der Waals surface area contributed by atoms with Crippen LogP contribution >= 0.6 is 0 Å². The minimum Gasteiger partial charge on any atom is -0.462 e. The molecule has 0 aliphatic carbocycles.